The second kappa shape index (κ2) is 9.55. The number of piperidine rings is 1. The van der Waals surface area contributed by atoms with Gasteiger partial charge in [-0.1, -0.05) is 11.6 Å². The molecule has 1 atom stereocenters. The van der Waals surface area contributed by atoms with Gasteiger partial charge in [-0.3, -0.25) is 4.79 Å². The number of halogens is 1. The number of rotatable bonds is 8. The zero-order valence-electron chi connectivity index (χ0n) is 15.0. The van der Waals surface area contributed by atoms with E-state index < -0.39 is 10.0 Å². The Labute approximate surface area is 159 Å². The summed E-state index contributed by atoms with van der Waals surface area (Å²) in [5.74, 6) is -0.0672. The Morgan fingerprint density at radius 3 is 2.85 bits per heavy atom. The van der Waals surface area contributed by atoms with Crippen LogP contribution in [0.5, 0.6) is 5.75 Å². The van der Waals surface area contributed by atoms with Gasteiger partial charge in [0, 0.05) is 26.7 Å². The molecule has 1 N–H and O–H groups in total. The van der Waals surface area contributed by atoms with Crippen molar-refractivity contribution in [3.8, 4) is 5.75 Å². The van der Waals surface area contributed by atoms with E-state index in [1.165, 1.54) is 16.4 Å². The molecule has 0 aromatic heterocycles. The first kappa shape index (κ1) is 21.0. The number of hydrogen-bond donors (Lipinski definition) is 1. The molecule has 1 aliphatic rings. The van der Waals surface area contributed by atoms with E-state index in [2.05, 4.69) is 5.32 Å². The van der Waals surface area contributed by atoms with E-state index in [0.717, 1.165) is 0 Å². The van der Waals surface area contributed by atoms with Gasteiger partial charge < -0.3 is 14.8 Å². The summed E-state index contributed by atoms with van der Waals surface area (Å²) in [7, 11) is -2.16. The molecule has 9 heteroatoms. The topological polar surface area (TPSA) is 84.9 Å². The Kier molecular flexibility index (Phi) is 7.69. The van der Waals surface area contributed by atoms with Gasteiger partial charge in [0.05, 0.1) is 29.0 Å². The molecule has 2 rings (SSSR count). The van der Waals surface area contributed by atoms with E-state index in [1.807, 2.05) is 6.92 Å². The zero-order valence-corrected chi connectivity index (χ0v) is 16.6. The van der Waals surface area contributed by atoms with E-state index in [-0.39, 0.29) is 28.3 Å². The van der Waals surface area contributed by atoms with Crippen molar-refractivity contribution >= 4 is 27.5 Å². The zero-order chi connectivity index (χ0) is 19.2. The van der Waals surface area contributed by atoms with Crippen molar-refractivity contribution < 1.29 is 22.7 Å². The van der Waals surface area contributed by atoms with Crippen molar-refractivity contribution in [1.82, 2.24) is 9.62 Å². The van der Waals surface area contributed by atoms with E-state index in [4.69, 9.17) is 21.1 Å². The van der Waals surface area contributed by atoms with Crippen LogP contribution in [0.15, 0.2) is 23.1 Å². The molecule has 7 nitrogen and oxygen atoms in total. The first-order valence-electron chi connectivity index (χ1n) is 8.59. The Balaban J connectivity index is 2.10. The highest BCUT2D eigenvalue weighted by atomic mass is 35.5. The number of carbonyl (C=O) groups excluding carboxylic acids is 1. The van der Waals surface area contributed by atoms with Gasteiger partial charge in [-0.15, -0.1) is 0 Å². The van der Waals surface area contributed by atoms with Gasteiger partial charge in [-0.05, 0) is 38.0 Å². The Bertz CT molecular complexity index is 726. The highest BCUT2D eigenvalue weighted by Gasteiger charge is 2.33. The first-order chi connectivity index (χ1) is 12.4. The number of amides is 1. The maximum atomic E-state index is 12.9. The van der Waals surface area contributed by atoms with Crippen LogP contribution in [0.25, 0.3) is 0 Å². The van der Waals surface area contributed by atoms with Crippen molar-refractivity contribution in [2.24, 2.45) is 5.92 Å². The molecule has 0 radical (unpaired) electrons. The van der Waals surface area contributed by atoms with Crippen molar-refractivity contribution in [2.45, 2.75) is 24.7 Å². The lowest BCUT2D eigenvalue weighted by molar-refractivity contribution is -0.126. The minimum Gasteiger partial charge on any atom is -0.492 e. The second-order valence-electron chi connectivity index (χ2n) is 6.01. The van der Waals surface area contributed by atoms with Crippen LogP contribution >= 0.6 is 11.6 Å². The van der Waals surface area contributed by atoms with Gasteiger partial charge in [0.25, 0.3) is 0 Å². The number of benzene rings is 1. The summed E-state index contributed by atoms with van der Waals surface area (Å²) in [6, 6.07) is 4.43. The second-order valence-corrected chi connectivity index (χ2v) is 8.36. The normalized spacial score (nSPS) is 18.5. The van der Waals surface area contributed by atoms with E-state index >= 15 is 0 Å². The molecule has 0 saturated carbocycles. The maximum absolute atomic E-state index is 12.9. The van der Waals surface area contributed by atoms with Crippen LogP contribution in [-0.2, 0) is 19.6 Å². The van der Waals surface area contributed by atoms with Gasteiger partial charge in [-0.25, -0.2) is 8.42 Å². The van der Waals surface area contributed by atoms with Gasteiger partial charge in [0.2, 0.25) is 15.9 Å². The molecule has 1 fully saturated rings. The molecule has 146 valence electrons. The van der Waals surface area contributed by atoms with E-state index in [0.29, 0.717) is 44.9 Å². The van der Waals surface area contributed by atoms with Crippen LogP contribution < -0.4 is 10.1 Å². The number of hydrogen-bond acceptors (Lipinski definition) is 5. The van der Waals surface area contributed by atoms with Crippen LogP contribution in [-0.4, -0.2) is 58.6 Å². The summed E-state index contributed by atoms with van der Waals surface area (Å²) >= 11 is 6.12. The first-order valence-corrected chi connectivity index (χ1v) is 10.4. The molecule has 1 aromatic rings. The number of sulfonamides is 1. The van der Waals surface area contributed by atoms with Gasteiger partial charge in [-0.2, -0.15) is 4.31 Å². The van der Waals surface area contributed by atoms with Crippen LogP contribution in [0.1, 0.15) is 19.8 Å². The fourth-order valence-electron chi connectivity index (χ4n) is 2.86. The molecule has 0 aliphatic carbocycles. The van der Waals surface area contributed by atoms with Gasteiger partial charge in [0.15, 0.2) is 0 Å². The Hall–Kier alpha value is -1.35. The lowest BCUT2D eigenvalue weighted by atomic mass is 9.99. The molecule has 0 unspecified atom stereocenters. The van der Waals surface area contributed by atoms with Crippen molar-refractivity contribution in [2.75, 3.05) is 40.0 Å². The van der Waals surface area contributed by atoms with Crippen LogP contribution in [0.2, 0.25) is 5.02 Å². The van der Waals surface area contributed by atoms with Crippen molar-refractivity contribution in [3.63, 3.8) is 0 Å². The molecule has 1 saturated heterocycles. The molecule has 1 aliphatic heterocycles. The van der Waals surface area contributed by atoms with Crippen LogP contribution in [0.3, 0.4) is 0 Å². The molecule has 1 heterocycles. The lowest BCUT2D eigenvalue weighted by Gasteiger charge is -2.31. The molecular weight excluding hydrogens is 380 g/mol. The molecule has 26 heavy (non-hydrogen) atoms. The highest BCUT2D eigenvalue weighted by Crippen LogP contribution is 2.30. The summed E-state index contributed by atoms with van der Waals surface area (Å²) < 4.78 is 37.4. The predicted octanol–water partition coefficient (Wildman–Crippen LogP) is 1.90. The smallest absolute Gasteiger partial charge is 0.243 e. The molecular formula is C17H25ClN2O5S. The molecule has 1 amide bonds. The minimum atomic E-state index is -3.72. The molecule has 0 bridgehead atoms. The quantitative estimate of drug-likeness (QED) is 0.669. The minimum absolute atomic E-state index is 0.103. The summed E-state index contributed by atoms with van der Waals surface area (Å²) in [5.41, 5.74) is 0. The molecule has 1 aromatic carbocycles. The Morgan fingerprint density at radius 2 is 2.19 bits per heavy atom. The average molecular weight is 405 g/mol. The summed E-state index contributed by atoms with van der Waals surface area (Å²) in [6.07, 6.45) is 1.29. The largest absolute Gasteiger partial charge is 0.492 e. The van der Waals surface area contributed by atoms with E-state index in [9.17, 15) is 13.2 Å². The lowest BCUT2D eigenvalue weighted by Crippen LogP contribution is -2.45. The number of carbonyl (C=O) groups is 1. The van der Waals surface area contributed by atoms with Gasteiger partial charge in [0.1, 0.15) is 5.75 Å². The van der Waals surface area contributed by atoms with Crippen molar-refractivity contribution in [1.29, 1.82) is 0 Å². The number of nitrogens with zero attached hydrogens (tertiary/aromatic N) is 1. The fraction of sp³-hybridized carbons (Fsp3) is 0.588. The fourth-order valence-corrected chi connectivity index (χ4v) is 4.71. The molecule has 0 spiro atoms. The summed E-state index contributed by atoms with van der Waals surface area (Å²) in [6.45, 7) is 3.64. The van der Waals surface area contributed by atoms with Crippen LogP contribution in [0.4, 0.5) is 0 Å². The summed E-state index contributed by atoms with van der Waals surface area (Å²) in [5, 5.41) is 3.02. The van der Waals surface area contributed by atoms with Crippen molar-refractivity contribution in [3.05, 3.63) is 23.2 Å². The summed E-state index contributed by atoms with van der Waals surface area (Å²) in [4.78, 5) is 12.3. The SMILES string of the molecule is CCOc1ccc(S(=O)(=O)N2CCC[C@H](C(=O)NCCOC)C2)cc1Cl. The van der Waals surface area contributed by atoms with Gasteiger partial charge >= 0.3 is 0 Å². The number of nitrogens with one attached hydrogen (secondary N) is 1. The highest BCUT2D eigenvalue weighted by molar-refractivity contribution is 7.89. The predicted molar refractivity (Wildman–Crippen MR) is 99.0 cm³/mol. The third kappa shape index (κ3) is 5.09. The maximum Gasteiger partial charge on any atom is 0.243 e. The average Bonchev–Trinajstić information content (AvgIpc) is 2.63. The number of methoxy groups -OCH3 is 1. The Morgan fingerprint density at radius 1 is 1.42 bits per heavy atom. The monoisotopic (exact) mass is 404 g/mol. The third-order valence-corrected chi connectivity index (χ3v) is 6.36. The van der Waals surface area contributed by atoms with E-state index in [1.54, 1.807) is 13.2 Å². The van der Waals surface area contributed by atoms with Crippen LogP contribution in [0, 0.1) is 5.92 Å². The standard InChI is InChI=1S/C17H25ClN2O5S/c1-3-25-16-7-6-14(11-15(16)18)26(22,23)20-9-4-5-13(12-20)17(21)19-8-10-24-2/h6-7,11,13H,3-5,8-10,12H2,1-2H3,(H,19,21)/t13-/m0/s1. The number of ether oxygens (including phenoxy) is 2. The third-order valence-electron chi connectivity index (χ3n) is 4.20.